The Hall–Kier alpha value is -0.300. The molecule has 1 N–H and O–H groups in total. The van der Waals surface area contributed by atoms with E-state index in [9.17, 15) is 0 Å². The lowest BCUT2D eigenvalue weighted by atomic mass is 9.99. The first kappa shape index (κ1) is 7.80. The van der Waals surface area contributed by atoms with Crippen LogP contribution < -0.4 is 0 Å². The van der Waals surface area contributed by atoms with Gasteiger partial charge in [0, 0.05) is 0 Å². The van der Waals surface area contributed by atoms with E-state index in [-0.39, 0.29) is 6.61 Å². The monoisotopic (exact) mass is 140 g/mol. The van der Waals surface area contributed by atoms with Crippen LogP contribution in [0.1, 0.15) is 32.6 Å². The highest BCUT2D eigenvalue weighted by atomic mass is 16.2. The second kappa shape index (κ2) is 3.77. The molecular weight excluding hydrogens is 124 g/mol. The molecule has 1 saturated carbocycles. The Morgan fingerprint density at radius 3 is 2.60 bits per heavy atom. The number of aliphatic hydroxyl groups is 1. The molecule has 0 bridgehead atoms. The molecule has 1 heteroatoms. The van der Waals surface area contributed by atoms with Crippen molar-refractivity contribution in [2.45, 2.75) is 32.6 Å². The predicted octanol–water partition coefficient (Wildman–Crippen LogP) is 2.12. The third kappa shape index (κ3) is 1.84. The van der Waals surface area contributed by atoms with E-state index < -0.39 is 0 Å². The minimum Gasteiger partial charge on any atom is -0.392 e. The van der Waals surface area contributed by atoms with Crippen molar-refractivity contribution in [3.8, 4) is 0 Å². The molecule has 0 amide bonds. The highest BCUT2D eigenvalue weighted by molar-refractivity contribution is 5.04. The fraction of sp³-hybridized carbons (Fsp3) is 0.778. The Balaban J connectivity index is 2.39. The Bertz CT molecular complexity index is 121. The third-order valence-electron chi connectivity index (χ3n) is 2.41. The number of hydrogen-bond acceptors (Lipinski definition) is 1. The molecule has 0 atom stereocenters. The lowest BCUT2D eigenvalue weighted by molar-refractivity contribution is 0.340. The maximum absolute atomic E-state index is 8.62. The van der Waals surface area contributed by atoms with Gasteiger partial charge in [0.15, 0.2) is 0 Å². The highest BCUT2D eigenvalue weighted by Crippen LogP contribution is 2.30. The van der Waals surface area contributed by atoms with Crippen molar-refractivity contribution in [2.75, 3.05) is 6.61 Å². The molecular formula is C9H16O. The Kier molecular flexibility index (Phi) is 2.94. The first-order chi connectivity index (χ1) is 4.84. The van der Waals surface area contributed by atoms with Gasteiger partial charge >= 0.3 is 0 Å². The van der Waals surface area contributed by atoms with Crippen LogP contribution in [0, 0.1) is 5.92 Å². The van der Waals surface area contributed by atoms with Gasteiger partial charge in [-0.2, -0.15) is 0 Å². The summed E-state index contributed by atoms with van der Waals surface area (Å²) in [6, 6.07) is 0. The van der Waals surface area contributed by atoms with Crippen LogP contribution in [0.5, 0.6) is 0 Å². The van der Waals surface area contributed by atoms with Gasteiger partial charge in [-0.15, -0.1) is 0 Å². The minimum absolute atomic E-state index is 0.211. The van der Waals surface area contributed by atoms with E-state index in [4.69, 9.17) is 5.11 Å². The summed E-state index contributed by atoms with van der Waals surface area (Å²) in [5, 5.41) is 8.62. The average molecular weight is 140 g/mol. The molecule has 0 unspecified atom stereocenters. The Morgan fingerprint density at radius 2 is 2.10 bits per heavy atom. The molecule has 1 aliphatic rings. The maximum Gasteiger partial charge on any atom is 0.0615 e. The summed E-state index contributed by atoms with van der Waals surface area (Å²) >= 11 is 0. The Morgan fingerprint density at radius 1 is 1.50 bits per heavy atom. The van der Waals surface area contributed by atoms with Crippen LogP contribution in [0.4, 0.5) is 0 Å². The maximum atomic E-state index is 8.62. The quantitative estimate of drug-likeness (QED) is 0.582. The van der Waals surface area contributed by atoms with Crippen molar-refractivity contribution in [3.63, 3.8) is 0 Å². The van der Waals surface area contributed by atoms with Crippen LogP contribution in [0.2, 0.25) is 0 Å². The van der Waals surface area contributed by atoms with Crippen LogP contribution in [0.3, 0.4) is 0 Å². The summed E-state index contributed by atoms with van der Waals surface area (Å²) in [5.74, 6) is 0.784. The van der Waals surface area contributed by atoms with Gasteiger partial charge in [-0.3, -0.25) is 0 Å². The first-order valence-corrected chi connectivity index (χ1v) is 4.12. The second-order valence-corrected chi connectivity index (χ2v) is 3.11. The van der Waals surface area contributed by atoms with E-state index in [0.717, 1.165) is 5.92 Å². The number of hydrogen-bond donors (Lipinski definition) is 1. The van der Waals surface area contributed by atoms with E-state index >= 15 is 0 Å². The molecule has 1 fully saturated rings. The molecule has 0 heterocycles. The predicted molar refractivity (Wildman–Crippen MR) is 42.8 cm³/mol. The summed E-state index contributed by atoms with van der Waals surface area (Å²) in [6.07, 6.45) is 7.36. The molecule has 0 aromatic heterocycles. The molecule has 1 aliphatic carbocycles. The number of rotatable bonds is 2. The topological polar surface area (TPSA) is 20.2 Å². The first-order valence-electron chi connectivity index (χ1n) is 4.12. The molecule has 0 saturated heterocycles. The van der Waals surface area contributed by atoms with E-state index in [2.05, 4.69) is 6.92 Å². The fourth-order valence-corrected chi connectivity index (χ4v) is 1.69. The summed E-state index contributed by atoms with van der Waals surface area (Å²) in [5.41, 5.74) is 1.39. The SMILES string of the molecule is C/C(=C\CO)C1CCCC1. The molecule has 0 aromatic rings. The van der Waals surface area contributed by atoms with Gasteiger partial charge in [0.2, 0.25) is 0 Å². The van der Waals surface area contributed by atoms with Gasteiger partial charge in [0.25, 0.3) is 0 Å². The van der Waals surface area contributed by atoms with E-state index in [1.807, 2.05) is 6.08 Å². The van der Waals surface area contributed by atoms with Crippen molar-refractivity contribution in [1.29, 1.82) is 0 Å². The van der Waals surface area contributed by atoms with Crippen molar-refractivity contribution in [2.24, 2.45) is 5.92 Å². The van der Waals surface area contributed by atoms with Crippen LogP contribution in [-0.2, 0) is 0 Å². The summed E-state index contributed by atoms with van der Waals surface area (Å²) in [6.45, 7) is 2.34. The van der Waals surface area contributed by atoms with Crippen LogP contribution >= 0.6 is 0 Å². The zero-order chi connectivity index (χ0) is 7.40. The zero-order valence-corrected chi connectivity index (χ0v) is 6.64. The largest absolute Gasteiger partial charge is 0.392 e. The molecule has 0 spiro atoms. The minimum atomic E-state index is 0.211. The van der Waals surface area contributed by atoms with E-state index in [0.29, 0.717) is 0 Å². The summed E-state index contributed by atoms with van der Waals surface area (Å²) in [7, 11) is 0. The fourth-order valence-electron chi connectivity index (χ4n) is 1.69. The molecule has 10 heavy (non-hydrogen) atoms. The van der Waals surface area contributed by atoms with Gasteiger partial charge in [0.05, 0.1) is 6.61 Å². The van der Waals surface area contributed by atoms with Gasteiger partial charge in [-0.1, -0.05) is 24.5 Å². The zero-order valence-electron chi connectivity index (χ0n) is 6.64. The van der Waals surface area contributed by atoms with Crippen LogP contribution in [0.25, 0.3) is 0 Å². The van der Waals surface area contributed by atoms with Crippen LogP contribution in [0.15, 0.2) is 11.6 Å². The molecule has 1 rings (SSSR count). The van der Waals surface area contributed by atoms with E-state index in [1.165, 1.54) is 31.3 Å². The van der Waals surface area contributed by atoms with E-state index in [1.54, 1.807) is 0 Å². The third-order valence-corrected chi connectivity index (χ3v) is 2.41. The van der Waals surface area contributed by atoms with Gasteiger partial charge in [0.1, 0.15) is 0 Å². The normalized spacial score (nSPS) is 22.0. The lowest BCUT2D eigenvalue weighted by Crippen LogP contribution is -1.95. The average Bonchev–Trinajstić information content (AvgIpc) is 2.38. The van der Waals surface area contributed by atoms with Crippen molar-refractivity contribution >= 4 is 0 Å². The van der Waals surface area contributed by atoms with Crippen molar-refractivity contribution < 1.29 is 5.11 Å². The van der Waals surface area contributed by atoms with Crippen molar-refractivity contribution in [1.82, 2.24) is 0 Å². The van der Waals surface area contributed by atoms with Crippen molar-refractivity contribution in [3.05, 3.63) is 11.6 Å². The summed E-state index contributed by atoms with van der Waals surface area (Å²) in [4.78, 5) is 0. The van der Waals surface area contributed by atoms with Gasteiger partial charge in [-0.05, 0) is 25.7 Å². The lowest BCUT2D eigenvalue weighted by Gasteiger charge is -2.07. The van der Waals surface area contributed by atoms with Gasteiger partial charge < -0.3 is 5.11 Å². The highest BCUT2D eigenvalue weighted by Gasteiger charge is 2.15. The second-order valence-electron chi connectivity index (χ2n) is 3.11. The smallest absolute Gasteiger partial charge is 0.0615 e. The Labute approximate surface area is 62.8 Å². The molecule has 0 radical (unpaired) electrons. The molecule has 0 aromatic carbocycles. The van der Waals surface area contributed by atoms with Crippen LogP contribution in [-0.4, -0.2) is 11.7 Å². The molecule has 58 valence electrons. The number of allylic oxidation sites excluding steroid dienone is 1. The molecule has 0 aliphatic heterocycles. The number of aliphatic hydroxyl groups excluding tert-OH is 1. The molecule has 1 nitrogen and oxygen atoms in total. The van der Waals surface area contributed by atoms with Gasteiger partial charge in [-0.25, -0.2) is 0 Å². The standard InChI is InChI=1S/C9H16O/c1-8(6-7-10)9-4-2-3-5-9/h6,9-10H,2-5,7H2,1H3/b8-6+. The summed E-state index contributed by atoms with van der Waals surface area (Å²) < 4.78 is 0.